The van der Waals surface area contributed by atoms with Gasteiger partial charge < -0.3 is 5.73 Å². The van der Waals surface area contributed by atoms with Crippen molar-refractivity contribution in [2.24, 2.45) is 5.14 Å². The molecule has 5 nitrogen and oxygen atoms in total. The molecule has 62 valence electrons. The zero-order valence-corrected chi connectivity index (χ0v) is 7.50. The molecule has 0 unspecified atom stereocenters. The van der Waals surface area contributed by atoms with Crippen molar-refractivity contribution in [2.45, 2.75) is 4.34 Å². The summed E-state index contributed by atoms with van der Waals surface area (Å²) in [6.07, 6.45) is 0. The quantitative estimate of drug-likeness (QED) is 0.687. The van der Waals surface area contributed by atoms with Crippen LogP contribution in [0.15, 0.2) is 4.34 Å². The Morgan fingerprint density at radius 1 is 1.55 bits per heavy atom. The summed E-state index contributed by atoms with van der Waals surface area (Å²) in [7, 11) is -3.76. The third kappa shape index (κ3) is 1.80. The first-order valence-electron chi connectivity index (χ1n) is 2.36. The predicted molar refractivity (Wildman–Crippen MR) is 42.9 cm³/mol. The lowest BCUT2D eigenvalue weighted by Crippen LogP contribution is -2.11. The van der Waals surface area contributed by atoms with Crippen molar-refractivity contribution < 1.29 is 8.42 Å². The fourth-order valence-electron chi connectivity index (χ4n) is 0.416. The summed E-state index contributed by atoms with van der Waals surface area (Å²) in [5, 5.41) is 4.87. The first kappa shape index (κ1) is 8.72. The number of aromatic nitrogens is 1. The van der Waals surface area contributed by atoms with Gasteiger partial charge in [0.25, 0.3) is 10.0 Å². The number of nitrogen functional groups attached to an aromatic ring is 1. The van der Waals surface area contributed by atoms with Crippen LogP contribution in [0, 0.1) is 0 Å². The molecule has 4 N–H and O–H groups in total. The van der Waals surface area contributed by atoms with Crippen LogP contribution < -0.4 is 10.9 Å². The maximum absolute atomic E-state index is 10.6. The molecule has 0 spiro atoms. The molecule has 8 heteroatoms. The van der Waals surface area contributed by atoms with Crippen molar-refractivity contribution in [1.82, 2.24) is 4.98 Å². The summed E-state index contributed by atoms with van der Waals surface area (Å²) < 4.78 is 21.0. The van der Waals surface area contributed by atoms with E-state index in [9.17, 15) is 8.42 Å². The van der Waals surface area contributed by atoms with Gasteiger partial charge in [-0.05, 0) is 0 Å². The van der Waals surface area contributed by atoms with Gasteiger partial charge >= 0.3 is 0 Å². The smallest absolute Gasteiger partial charge is 0.265 e. The van der Waals surface area contributed by atoms with Gasteiger partial charge in [-0.2, -0.15) is 0 Å². The number of rotatable bonds is 1. The zero-order chi connectivity index (χ0) is 8.65. The summed E-state index contributed by atoms with van der Waals surface area (Å²) in [6, 6.07) is 0. The molecular formula is C3H4ClN3O2S2. The van der Waals surface area contributed by atoms with E-state index in [2.05, 4.69) is 4.98 Å². The number of nitrogens with two attached hydrogens (primary N) is 2. The van der Waals surface area contributed by atoms with Gasteiger partial charge in [-0.3, -0.25) is 0 Å². The minimum absolute atomic E-state index is 0.0287. The van der Waals surface area contributed by atoms with E-state index in [1.807, 2.05) is 0 Å². The van der Waals surface area contributed by atoms with Gasteiger partial charge in [0, 0.05) is 0 Å². The standard InChI is InChI=1S/C3H4ClN3O2S2/c4-1-2(5)10-3(7-1)11(6,8)9/h5H2,(H2,6,8,9). The summed E-state index contributed by atoms with van der Waals surface area (Å²) in [5.74, 6) is 0. The molecule has 0 saturated carbocycles. The highest BCUT2D eigenvalue weighted by Gasteiger charge is 2.15. The van der Waals surface area contributed by atoms with E-state index in [4.69, 9.17) is 22.5 Å². The highest BCUT2D eigenvalue weighted by molar-refractivity contribution is 7.91. The second-order valence-corrected chi connectivity index (χ2v) is 4.80. The minimum atomic E-state index is -3.76. The number of nitrogens with zero attached hydrogens (tertiary/aromatic N) is 1. The zero-order valence-electron chi connectivity index (χ0n) is 5.11. The molecule has 1 heterocycles. The summed E-state index contributed by atoms with van der Waals surface area (Å²) >= 11 is 6.13. The molecular weight excluding hydrogens is 210 g/mol. The van der Waals surface area contributed by atoms with Gasteiger partial charge in [0.1, 0.15) is 5.00 Å². The van der Waals surface area contributed by atoms with Gasteiger partial charge in [0.05, 0.1) is 0 Å². The molecule has 0 radical (unpaired) electrons. The average Bonchev–Trinajstić information content (AvgIpc) is 2.11. The monoisotopic (exact) mass is 213 g/mol. The maximum Gasteiger partial charge on any atom is 0.265 e. The Morgan fingerprint density at radius 3 is 2.27 bits per heavy atom. The summed E-state index contributed by atoms with van der Waals surface area (Å²) in [5.41, 5.74) is 5.24. The van der Waals surface area contributed by atoms with Gasteiger partial charge in [-0.25, -0.2) is 18.5 Å². The summed E-state index contributed by atoms with van der Waals surface area (Å²) in [6.45, 7) is 0. The number of hydrogen-bond acceptors (Lipinski definition) is 5. The largest absolute Gasteiger partial charge is 0.388 e. The number of sulfonamides is 1. The van der Waals surface area contributed by atoms with E-state index in [-0.39, 0.29) is 14.5 Å². The van der Waals surface area contributed by atoms with E-state index < -0.39 is 10.0 Å². The Balaban J connectivity index is 3.29. The van der Waals surface area contributed by atoms with E-state index in [1.54, 1.807) is 0 Å². The lowest BCUT2D eigenvalue weighted by Gasteiger charge is -1.85. The van der Waals surface area contributed by atoms with Crippen LogP contribution >= 0.6 is 22.9 Å². The van der Waals surface area contributed by atoms with Crippen LogP contribution in [0.25, 0.3) is 0 Å². The van der Waals surface area contributed by atoms with Crippen LogP contribution in [-0.2, 0) is 10.0 Å². The molecule has 0 aliphatic carbocycles. The molecule has 0 aliphatic heterocycles. The molecule has 1 rings (SSSR count). The topological polar surface area (TPSA) is 99.1 Å². The Labute approximate surface area is 72.0 Å². The SMILES string of the molecule is Nc1sc(S(N)(=O)=O)nc1Cl. The lowest BCUT2D eigenvalue weighted by atomic mass is 10.9. The van der Waals surface area contributed by atoms with Gasteiger partial charge in [-0.15, -0.1) is 0 Å². The van der Waals surface area contributed by atoms with Crippen LogP contribution in [0.5, 0.6) is 0 Å². The van der Waals surface area contributed by atoms with E-state index in [0.717, 1.165) is 11.3 Å². The summed E-state index contributed by atoms with van der Waals surface area (Å²) in [4.78, 5) is 3.43. The van der Waals surface area contributed by atoms with Gasteiger partial charge in [0.15, 0.2) is 5.15 Å². The molecule has 0 bridgehead atoms. The highest BCUT2D eigenvalue weighted by atomic mass is 35.5. The molecule has 0 saturated heterocycles. The Bertz CT molecular complexity index is 350. The number of anilines is 1. The fraction of sp³-hybridized carbons (Fsp3) is 0. The maximum atomic E-state index is 10.6. The van der Waals surface area contributed by atoms with E-state index in [0.29, 0.717) is 0 Å². The second kappa shape index (κ2) is 2.59. The van der Waals surface area contributed by atoms with Gasteiger partial charge in [-0.1, -0.05) is 22.9 Å². The predicted octanol–water partition coefficient (Wildman–Crippen LogP) is 0.0261. The lowest BCUT2D eigenvalue weighted by molar-refractivity contribution is 0.597. The molecule has 0 amide bonds. The van der Waals surface area contributed by atoms with Crippen molar-refractivity contribution in [1.29, 1.82) is 0 Å². The van der Waals surface area contributed by atoms with Crippen molar-refractivity contribution in [3.8, 4) is 0 Å². The van der Waals surface area contributed by atoms with Crippen molar-refractivity contribution in [2.75, 3.05) is 5.73 Å². The first-order valence-corrected chi connectivity index (χ1v) is 5.10. The van der Waals surface area contributed by atoms with Crippen molar-refractivity contribution in [3.05, 3.63) is 5.15 Å². The van der Waals surface area contributed by atoms with Crippen LogP contribution in [0.1, 0.15) is 0 Å². The Kier molecular flexibility index (Phi) is 2.06. The van der Waals surface area contributed by atoms with Crippen molar-refractivity contribution in [3.63, 3.8) is 0 Å². The number of thiazole rings is 1. The Morgan fingerprint density at radius 2 is 2.09 bits per heavy atom. The Hall–Kier alpha value is -0.370. The second-order valence-electron chi connectivity index (χ2n) is 1.68. The molecule has 0 aliphatic rings. The van der Waals surface area contributed by atoms with Crippen LogP contribution in [0.2, 0.25) is 5.15 Å². The number of primary sulfonamides is 1. The van der Waals surface area contributed by atoms with Crippen LogP contribution in [-0.4, -0.2) is 13.4 Å². The van der Waals surface area contributed by atoms with E-state index >= 15 is 0 Å². The van der Waals surface area contributed by atoms with Gasteiger partial charge in [0.2, 0.25) is 4.34 Å². The third-order valence-corrected chi connectivity index (χ3v) is 3.44. The van der Waals surface area contributed by atoms with Crippen LogP contribution in [0.3, 0.4) is 0 Å². The van der Waals surface area contributed by atoms with Crippen LogP contribution in [0.4, 0.5) is 5.00 Å². The van der Waals surface area contributed by atoms with Crippen molar-refractivity contribution >= 4 is 38.0 Å². The third-order valence-electron chi connectivity index (χ3n) is 0.833. The number of halogens is 1. The minimum Gasteiger partial charge on any atom is -0.388 e. The number of hydrogen-bond donors (Lipinski definition) is 2. The average molecular weight is 214 g/mol. The molecule has 1 aromatic rings. The van der Waals surface area contributed by atoms with E-state index in [1.165, 1.54) is 0 Å². The first-order chi connectivity index (χ1) is 4.91. The molecule has 11 heavy (non-hydrogen) atoms. The highest BCUT2D eigenvalue weighted by Crippen LogP contribution is 2.27. The molecule has 0 aromatic carbocycles. The molecule has 1 aromatic heterocycles. The molecule has 0 atom stereocenters. The fourth-order valence-corrected chi connectivity index (χ4v) is 2.12. The normalized spacial score (nSPS) is 11.8. The molecule has 0 fully saturated rings.